The van der Waals surface area contributed by atoms with Crippen LogP contribution in [0, 0.1) is 0 Å². The molecule has 138 valence electrons. The number of nitrogens with zero attached hydrogens (tertiary/aromatic N) is 1. The fourth-order valence-corrected chi connectivity index (χ4v) is 4.80. The number of hydrogen-bond donors (Lipinski definition) is 1. The summed E-state index contributed by atoms with van der Waals surface area (Å²) in [5, 5.41) is 15.5. The van der Waals surface area contributed by atoms with Gasteiger partial charge in [-0.25, -0.2) is 0 Å². The summed E-state index contributed by atoms with van der Waals surface area (Å²) in [5.74, 6) is -2.59. The zero-order valence-electron chi connectivity index (χ0n) is 13.7. The Balaban J connectivity index is 1.69. The Hall–Kier alpha value is -2.33. The number of carboxylic acid groups (broad SMARTS) is 1. The van der Waals surface area contributed by atoms with Crippen LogP contribution >= 0.6 is 23.1 Å². The van der Waals surface area contributed by atoms with E-state index in [2.05, 4.69) is 5.32 Å². The molecule has 2 aliphatic heterocycles. The van der Waals surface area contributed by atoms with Crippen molar-refractivity contribution in [3.63, 3.8) is 0 Å². The van der Waals surface area contributed by atoms with Crippen LogP contribution in [0.3, 0.4) is 0 Å². The molecule has 10 heteroatoms. The summed E-state index contributed by atoms with van der Waals surface area (Å²) in [7, 11) is 0. The Labute approximate surface area is 157 Å². The Morgan fingerprint density at radius 3 is 2.81 bits per heavy atom. The minimum atomic E-state index is -1.51. The van der Waals surface area contributed by atoms with E-state index in [1.54, 1.807) is 0 Å². The summed E-state index contributed by atoms with van der Waals surface area (Å²) >= 11 is 2.75. The van der Waals surface area contributed by atoms with Crippen LogP contribution < -0.4 is 10.4 Å². The number of rotatable bonds is 6. The average molecular weight is 395 g/mol. The number of carbonyl (C=O) groups excluding carboxylic acids is 4. The molecule has 2 atom stereocenters. The molecule has 8 nitrogen and oxygen atoms in total. The van der Waals surface area contributed by atoms with Crippen LogP contribution in [0.5, 0.6) is 0 Å². The topological polar surface area (TPSA) is 116 Å². The predicted molar refractivity (Wildman–Crippen MR) is 91.7 cm³/mol. The number of fused-ring (bicyclic) bond motifs is 1. The van der Waals surface area contributed by atoms with Crippen molar-refractivity contribution in [1.82, 2.24) is 10.2 Å². The summed E-state index contributed by atoms with van der Waals surface area (Å²) in [4.78, 5) is 48.9. The van der Waals surface area contributed by atoms with Crippen LogP contribution in [0.25, 0.3) is 0 Å². The van der Waals surface area contributed by atoms with E-state index in [1.165, 1.54) is 30.0 Å². The minimum absolute atomic E-state index is 0.166. The molecule has 2 aliphatic rings. The molecule has 3 heterocycles. The molecule has 26 heavy (non-hydrogen) atoms. The molecular formula is C16H15N2O6S2-. The van der Waals surface area contributed by atoms with Crippen molar-refractivity contribution in [1.29, 1.82) is 0 Å². The molecule has 3 rings (SSSR count). The largest absolute Gasteiger partial charge is 0.543 e. The van der Waals surface area contributed by atoms with Crippen LogP contribution in [0.15, 0.2) is 28.8 Å². The monoisotopic (exact) mass is 395 g/mol. The number of ether oxygens (including phenoxy) is 1. The third-order valence-corrected chi connectivity index (χ3v) is 6.14. The lowest BCUT2D eigenvalue weighted by Gasteiger charge is -2.50. The fourth-order valence-electron chi connectivity index (χ4n) is 2.77. The molecule has 0 saturated carbocycles. The Morgan fingerprint density at radius 1 is 1.42 bits per heavy atom. The van der Waals surface area contributed by atoms with Gasteiger partial charge in [0.15, 0.2) is 0 Å². The van der Waals surface area contributed by atoms with E-state index in [0.29, 0.717) is 5.57 Å². The number of esters is 1. The van der Waals surface area contributed by atoms with E-state index < -0.39 is 29.3 Å². The normalized spacial score (nSPS) is 21.7. The number of hydrogen-bond acceptors (Lipinski definition) is 8. The van der Waals surface area contributed by atoms with Gasteiger partial charge in [0.05, 0.1) is 18.1 Å². The minimum Gasteiger partial charge on any atom is -0.543 e. The van der Waals surface area contributed by atoms with Gasteiger partial charge in [-0.3, -0.25) is 19.3 Å². The molecule has 1 aromatic rings. The molecule has 0 unspecified atom stereocenters. The fraction of sp³-hybridized carbons (Fsp3) is 0.375. The number of β-lactam (4-membered cyclic amide) rings is 1. The highest BCUT2D eigenvalue weighted by molar-refractivity contribution is 8.00. The van der Waals surface area contributed by atoms with Gasteiger partial charge < -0.3 is 20.0 Å². The van der Waals surface area contributed by atoms with Gasteiger partial charge in [0, 0.05) is 23.1 Å². The molecule has 0 radical (unpaired) electrons. The van der Waals surface area contributed by atoms with Gasteiger partial charge in [-0.05, 0) is 11.4 Å². The molecule has 0 bridgehead atoms. The zero-order chi connectivity index (χ0) is 18.8. The maximum absolute atomic E-state index is 12.4. The molecule has 1 saturated heterocycles. The first kappa shape index (κ1) is 18.5. The van der Waals surface area contributed by atoms with E-state index >= 15 is 0 Å². The summed E-state index contributed by atoms with van der Waals surface area (Å²) in [5.41, 5.74) is 0.0296. The van der Waals surface area contributed by atoms with Gasteiger partial charge in [0.1, 0.15) is 18.0 Å². The van der Waals surface area contributed by atoms with E-state index in [-0.39, 0.29) is 30.4 Å². The van der Waals surface area contributed by atoms with E-state index in [1.807, 2.05) is 17.5 Å². The van der Waals surface area contributed by atoms with Crippen molar-refractivity contribution in [2.45, 2.75) is 24.8 Å². The SMILES string of the molecule is CC(=O)OCC1=C(C(=O)[O-])N2C(=O)[C@@H](NC(=O)Cc3cccs3)[C@@H]2SC1. The van der Waals surface area contributed by atoms with Crippen molar-refractivity contribution in [2.75, 3.05) is 12.4 Å². The van der Waals surface area contributed by atoms with Gasteiger partial charge >= 0.3 is 5.97 Å². The smallest absolute Gasteiger partial charge is 0.302 e. The number of nitrogens with one attached hydrogen (secondary N) is 1. The van der Waals surface area contributed by atoms with Gasteiger partial charge in [0.25, 0.3) is 5.91 Å². The maximum atomic E-state index is 12.4. The van der Waals surface area contributed by atoms with Crippen LogP contribution in [0.4, 0.5) is 0 Å². The first-order valence-electron chi connectivity index (χ1n) is 7.71. The molecule has 2 amide bonds. The average Bonchev–Trinajstić information content (AvgIpc) is 3.09. The second kappa shape index (κ2) is 7.50. The van der Waals surface area contributed by atoms with Crippen LogP contribution in [0.1, 0.15) is 11.8 Å². The van der Waals surface area contributed by atoms with E-state index in [0.717, 1.165) is 9.78 Å². The third-order valence-electron chi connectivity index (χ3n) is 3.92. The summed E-state index contributed by atoms with van der Waals surface area (Å²) in [6.45, 7) is 1.00. The summed E-state index contributed by atoms with van der Waals surface area (Å²) in [6, 6.07) is 2.88. The highest BCUT2D eigenvalue weighted by Gasteiger charge is 2.52. The van der Waals surface area contributed by atoms with Gasteiger partial charge in [-0.2, -0.15) is 0 Å². The third kappa shape index (κ3) is 3.61. The molecule has 1 aromatic heterocycles. The summed E-state index contributed by atoms with van der Waals surface area (Å²) < 4.78 is 4.85. The lowest BCUT2D eigenvalue weighted by Crippen LogP contribution is -2.71. The van der Waals surface area contributed by atoms with Crippen LogP contribution in [-0.4, -0.2) is 52.4 Å². The standard InChI is InChI=1S/C16H16N2O6S2/c1-8(19)24-6-9-7-26-15-12(14(21)18(15)13(9)16(22)23)17-11(20)5-10-3-2-4-25-10/h2-4,12,15H,5-7H2,1H3,(H,17,20)(H,22,23)/p-1/t12-,15+/m1/s1. The second-order valence-electron chi connectivity index (χ2n) is 5.73. The predicted octanol–water partition coefficient (Wildman–Crippen LogP) is -0.742. The van der Waals surface area contributed by atoms with E-state index in [9.17, 15) is 24.3 Å². The maximum Gasteiger partial charge on any atom is 0.302 e. The Bertz CT molecular complexity index is 789. The molecule has 1 N–H and O–H groups in total. The highest BCUT2D eigenvalue weighted by Crippen LogP contribution is 2.40. The van der Waals surface area contributed by atoms with Gasteiger partial charge in [-0.15, -0.1) is 23.1 Å². The molecular weight excluding hydrogens is 380 g/mol. The number of thioether (sulfide) groups is 1. The van der Waals surface area contributed by atoms with Crippen molar-refractivity contribution < 1.29 is 29.0 Å². The van der Waals surface area contributed by atoms with Crippen LogP contribution in [-0.2, 0) is 30.3 Å². The van der Waals surface area contributed by atoms with E-state index in [4.69, 9.17) is 4.74 Å². The number of carboxylic acids is 1. The van der Waals surface area contributed by atoms with Gasteiger partial charge in [-0.1, -0.05) is 6.07 Å². The number of thiophene rings is 1. The molecule has 0 spiro atoms. The lowest BCUT2D eigenvalue weighted by molar-refractivity contribution is -0.301. The highest BCUT2D eigenvalue weighted by atomic mass is 32.2. The van der Waals surface area contributed by atoms with Crippen molar-refractivity contribution in [3.8, 4) is 0 Å². The number of aliphatic carboxylic acids is 1. The molecule has 0 aliphatic carbocycles. The quantitative estimate of drug-likeness (QED) is 0.498. The molecule has 0 aromatic carbocycles. The Kier molecular flexibility index (Phi) is 5.33. The van der Waals surface area contributed by atoms with Crippen molar-refractivity contribution in [3.05, 3.63) is 33.7 Å². The first-order valence-corrected chi connectivity index (χ1v) is 9.64. The summed E-state index contributed by atoms with van der Waals surface area (Å²) in [6.07, 6.45) is 0.166. The van der Waals surface area contributed by atoms with Crippen LogP contribution in [0.2, 0.25) is 0 Å². The lowest BCUT2D eigenvalue weighted by atomic mass is 10.0. The second-order valence-corrected chi connectivity index (χ2v) is 7.87. The van der Waals surface area contributed by atoms with Gasteiger partial charge in [0.2, 0.25) is 5.91 Å². The number of amides is 2. The first-order chi connectivity index (χ1) is 12.4. The van der Waals surface area contributed by atoms with Crippen molar-refractivity contribution in [2.24, 2.45) is 0 Å². The molecule has 1 fully saturated rings. The number of carbonyl (C=O) groups is 4. The zero-order valence-corrected chi connectivity index (χ0v) is 15.4. The Morgan fingerprint density at radius 2 is 2.19 bits per heavy atom. The van der Waals surface area contributed by atoms with Crippen molar-refractivity contribution >= 4 is 46.9 Å².